The molecule has 0 fully saturated rings. The van der Waals surface area contributed by atoms with E-state index < -0.39 is 5.97 Å². The molecular weight excluding hydrogens is 232 g/mol. The zero-order valence-corrected chi connectivity index (χ0v) is 10.3. The molecule has 1 aromatic heterocycles. The summed E-state index contributed by atoms with van der Waals surface area (Å²) in [6, 6.07) is 7.46. The van der Waals surface area contributed by atoms with Crippen LogP contribution in [0.15, 0.2) is 36.8 Å². The van der Waals surface area contributed by atoms with Gasteiger partial charge in [-0.25, -0.2) is 9.78 Å². The maximum atomic E-state index is 11.5. The molecule has 0 saturated heterocycles. The van der Waals surface area contributed by atoms with Gasteiger partial charge in [-0.05, 0) is 31.2 Å². The van der Waals surface area contributed by atoms with Gasteiger partial charge >= 0.3 is 5.97 Å². The number of nitrogens with zero attached hydrogens (tertiary/aromatic N) is 2. The number of hydrogen-bond acceptors (Lipinski definition) is 4. The minimum atomic E-state index is -0.412. The lowest BCUT2D eigenvalue weighted by molar-refractivity contribution is 0.0520. The van der Waals surface area contributed by atoms with Crippen LogP contribution >= 0.6 is 0 Å². The average molecular weight is 246 g/mol. The fourth-order valence-electron chi connectivity index (χ4n) is 1.53. The zero-order valence-electron chi connectivity index (χ0n) is 10.3. The molecule has 0 spiro atoms. The standard InChI is InChI=1S/C13H14N2O3/c1-3-18-13(16)12-8-15(9-14-12)10-4-6-11(17-2)7-5-10/h4-9H,3H2,1-2H3. The Morgan fingerprint density at radius 3 is 2.67 bits per heavy atom. The largest absolute Gasteiger partial charge is 0.497 e. The Kier molecular flexibility index (Phi) is 3.62. The van der Waals surface area contributed by atoms with Crippen LogP contribution in [0, 0.1) is 0 Å². The summed E-state index contributed by atoms with van der Waals surface area (Å²) in [5.41, 5.74) is 1.20. The fourth-order valence-corrected chi connectivity index (χ4v) is 1.53. The van der Waals surface area contributed by atoms with Gasteiger partial charge in [0.1, 0.15) is 12.1 Å². The fraction of sp³-hybridized carbons (Fsp3) is 0.231. The highest BCUT2D eigenvalue weighted by Crippen LogP contribution is 2.15. The van der Waals surface area contributed by atoms with Crippen LogP contribution in [0.2, 0.25) is 0 Å². The second kappa shape index (κ2) is 5.35. The maximum absolute atomic E-state index is 11.5. The number of carbonyl (C=O) groups excluding carboxylic acids is 1. The maximum Gasteiger partial charge on any atom is 0.358 e. The molecule has 5 heteroatoms. The third-order valence-corrected chi connectivity index (χ3v) is 2.44. The lowest BCUT2D eigenvalue weighted by Gasteiger charge is -2.03. The normalized spacial score (nSPS) is 10.1. The molecule has 0 aliphatic heterocycles. The van der Waals surface area contributed by atoms with Gasteiger partial charge in [0, 0.05) is 11.9 Å². The number of carbonyl (C=O) groups is 1. The molecule has 2 aromatic rings. The van der Waals surface area contributed by atoms with Crippen LogP contribution in [0.3, 0.4) is 0 Å². The third kappa shape index (κ3) is 2.51. The number of methoxy groups -OCH3 is 1. The number of ether oxygens (including phenoxy) is 2. The van der Waals surface area contributed by atoms with Gasteiger partial charge in [0.25, 0.3) is 0 Å². The number of esters is 1. The van der Waals surface area contributed by atoms with Gasteiger partial charge in [0.05, 0.1) is 13.7 Å². The van der Waals surface area contributed by atoms with Crippen LogP contribution in [0.1, 0.15) is 17.4 Å². The van der Waals surface area contributed by atoms with Crippen LogP contribution in [0.4, 0.5) is 0 Å². The molecule has 2 rings (SSSR count). The summed E-state index contributed by atoms with van der Waals surface area (Å²) in [6.45, 7) is 2.10. The molecule has 1 aromatic carbocycles. The van der Waals surface area contributed by atoms with Crippen molar-refractivity contribution in [3.63, 3.8) is 0 Å². The smallest absolute Gasteiger partial charge is 0.358 e. The molecule has 0 aliphatic carbocycles. The van der Waals surface area contributed by atoms with E-state index in [0.717, 1.165) is 11.4 Å². The topological polar surface area (TPSA) is 53.4 Å². The minimum absolute atomic E-state index is 0.299. The van der Waals surface area contributed by atoms with E-state index in [0.29, 0.717) is 12.3 Å². The molecule has 0 bridgehead atoms. The van der Waals surface area contributed by atoms with Crippen molar-refractivity contribution in [1.29, 1.82) is 0 Å². The Morgan fingerprint density at radius 1 is 1.33 bits per heavy atom. The average Bonchev–Trinajstić information content (AvgIpc) is 2.89. The molecule has 0 radical (unpaired) electrons. The number of aromatic nitrogens is 2. The molecule has 0 aliphatic rings. The van der Waals surface area contributed by atoms with Crippen LogP contribution in [0.5, 0.6) is 5.75 Å². The summed E-state index contributed by atoms with van der Waals surface area (Å²) < 4.78 is 11.7. The van der Waals surface area contributed by atoms with Gasteiger partial charge in [-0.1, -0.05) is 0 Å². The molecule has 0 N–H and O–H groups in total. The third-order valence-electron chi connectivity index (χ3n) is 2.44. The van der Waals surface area contributed by atoms with Crippen molar-refractivity contribution in [1.82, 2.24) is 9.55 Å². The second-order valence-corrected chi connectivity index (χ2v) is 3.58. The van der Waals surface area contributed by atoms with Crippen molar-refractivity contribution >= 4 is 5.97 Å². The molecule has 0 saturated carbocycles. The monoisotopic (exact) mass is 246 g/mol. The predicted octanol–water partition coefficient (Wildman–Crippen LogP) is 2.06. The lowest BCUT2D eigenvalue weighted by atomic mass is 10.3. The van der Waals surface area contributed by atoms with E-state index in [9.17, 15) is 4.79 Å². The van der Waals surface area contributed by atoms with Crippen molar-refractivity contribution in [2.24, 2.45) is 0 Å². The Labute approximate surface area is 105 Å². The Bertz CT molecular complexity index is 531. The van der Waals surface area contributed by atoms with E-state index in [1.54, 1.807) is 31.1 Å². The molecule has 1 heterocycles. The van der Waals surface area contributed by atoms with E-state index >= 15 is 0 Å². The highest BCUT2D eigenvalue weighted by atomic mass is 16.5. The van der Waals surface area contributed by atoms with E-state index in [4.69, 9.17) is 9.47 Å². The summed E-state index contributed by atoms with van der Waals surface area (Å²) >= 11 is 0. The summed E-state index contributed by atoms with van der Waals surface area (Å²) in [5.74, 6) is 0.370. The highest BCUT2D eigenvalue weighted by Gasteiger charge is 2.10. The van der Waals surface area contributed by atoms with Crippen molar-refractivity contribution in [2.75, 3.05) is 13.7 Å². The van der Waals surface area contributed by atoms with E-state index in [2.05, 4.69) is 4.98 Å². The van der Waals surface area contributed by atoms with Crippen molar-refractivity contribution in [3.8, 4) is 11.4 Å². The minimum Gasteiger partial charge on any atom is -0.497 e. The number of imidazole rings is 1. The lowest BCUT2D eigenvalue weighted by Crippen LogP contribution is -2.04. The van der Waals surface area contributed by atoms with E-state index in [-0.39, 0.29) is 0 Å². The van der Waals surface area contributed by atoms with Gasteiger partial charge < -0.3 is 14.0 Å². The Hall–Kier alpha value is -2.30. The second-order valence-electron chi connectivity index (χ2n) is 3.58. The summed E-state index contributed by atoms with van der Waals surface area (Å²) in [7, 11) is 1.62. The first kappa shape index (κ1) is 12.2. The summed E-state index contributed by atoms with van der Waals surface area (Å²) in [6.07, 6.45) is 3.22. The van der Waals surface area contributed by atoms with Crippen molar-refractivity contribution in [3.05, 3.63) is 42.5 Å². The molecular formula is C13H14N2O3. The van der Waals surface area contributed by atoms with Gasteiger partial charge in [-0.3, -0.25) is 0 Å². The highest BCUT2D eigenvalue weighted by molar-refractivity contribution is 5.87. The number of hydrogen-bond donors (Lipinski definition) is 0. The number of benzene rings is 1. The van der Waals surface area contributed by atoms with Gasteiger partial charge in [-0.2, -0.15) is 0 Å². The molecule has 0 amide bonds. The predicted molar refractivity (Wildman–Crippen MR) is 66.1 cm³/mol. The number of rotatable bonds is 4. The van der Waals surface area contributed by atoms with E-state index in [1.165, 1.54) is 0 Å². The molecule has 0 unspecified atom stereocenters. The Morgan fingerprint density at radius 2 is 2.06 bits per heavy atom. The summed E-state index contributed by atoms with van der Waals surface area (Å²) in [5, 5.41) is 0. The SMILES string of the molecule is CCOC(=O)c1cn(-c2ccc(OC)cc2)cn1. The molecule has 5 nitrogen and oxygen atoms in total. The zero-order chi connectivity index (χ0) is 13.0. The van der Waals surface area contributed by atoms with Gasteiger partial charge in [-0.15, -0.1) is 0 Å². The first-order valence-corrected chi connectivity index (χ1v) is 5.60. The summed E-state index contributed by atoms with van der Waals surface area (Å²) in [4.78, 5) is 15.5. The van der Waals surface area contributed by atoms with Crippen molar-refractivity contribution in [2.45, 2.75) is 6.92 Å². The van der Waals surface area contributed by atoms with Crippen LogP contribution in [0.25, 0.3) is 5.69 Å². The van der Waals surface area contributed by atoms with Crippen LogP contribution in [-0.2, 0) is 4.74 Å². The molecule has 18 heavy (non-hydrogen) atoms. The van der Waals surface area contributed by atoms with Gasteiger partial charge in [0.2, 0.25) is 0 Å². The van der Waals surface area contributed by atoms with Crippen molar-refractivity contribution < 1.29 is 14.3 Å². The van der Waals surface area contributed by atoms with Crippen LogP contribution < -0.4 is 4.74 Å². The van der Waals surface area contributed by atoms with Crippen LogP contribution in [-0.4, -0.2) is 29.2 Å². The van der Waals surface area contributed by atoms with E-state index in [1.807, 2.05) is 24.3 Å². The first-order valence-electron chi connectivity index (χ1n) is 5.60. The molecule has 94 valence electrons. The first-order chi connectivity index (χ1) is 8.74. The quantitative estimate of drug-likeness (QED) is 0.775. The molecule has 0 atom stereocenters. The Balaban J connectivity index is 2.20. The van der Waals surface area contributed by atoms with Gasteiger partial charge in [0.15, 0.2) is 5.69 Å².